The van der Waals surface area contributed by atoms with Gasteiger partial charge in [-0.2, -0.15) is 0 Å². The van der Waals surface area contributed by atoms with Crippen molar-refractivity contribution < 1.29 is 23.8 Å². The fraction of sp³-hybridized carbons (Fsp3) is 0.429. The van der Waals surface area contributed by atoms with Gasteiger partial charge in [0.1, 0.15) is 24.6 Å². The molecule has 4 rings (SSSR count). The van der Waals surface area contributed by atoms with Gasteiger partial charge in [0.05, 0.1) is 18.4 Å². The molecule has 164 valence electrons. The summed E-state index contributed by atoms with van der Waals surface area (Å²) < 4.78 is 16.2. The lowest BCUT2D eigenvalue weighted by molar-refractivity contribution is -0.129. The Labute approximate surface area is 184 Å². The minimum absolute atomic E-state index is 0.000898. The normalized spacial score (nSPS) is 17.5. The molecule has 1 fully saturated rings. The zero-order valence-electron chi connectivity index (χ0n) is 17.2. The first kappa shape index (κ1) is 21.2. The minimum atomic E-state index is -0.563. The minimum Gasteiger partial charge on any atom is -0.486 e. The number of anilines is 1. The fourth-order valence-corrected chi connectivity index (χ4v) is 4.41. The maximum atomic E-state index is 12.9. The summed E-state index contributed by atoms with van der Waals surface area (Å²) in [5.41, 5.74) is 7.01. The lowest BCUT2D eigenvalue weighted by Crippen LogP contribution is -2.32. The van der Waals surface area contributed by atoms with Crippen LogP contribution < -0.4 is 15.2 Å². The summed E-state index contributed by atoms with van der Waals surface area (Å²) >= 11 is 1.19. The van der Waals surface area contributed by atoms with Crippen molar-refractivity contribution in [1.29, 1.82) is 0 Å². The largest absolute Gasteiger partial charge is 0.486 e. The summed E-state index contributed by atoms with van der Waals surface area (Å²) in [4.78, 5) is 34.9. The molecule has 1 amide bonds. The Morgan fingerprint density at radius 2 is 2.10 bits per heavy atom. The van der Waals surface area contributed by atoms with E-state index in [0.29, 0.717) is 24.9 Å². The maximum absolute atomic E-state index is 12.9. The molecular formula is C21H24N4O5S. The Kier molecular flexibility index (Phi) is 6.45. The molecular weight excluding hydrogens is 420 g/mol. The van der Waals surface area contributed by atoms with Crippen LogP contribution >= 0.6 is 11.8 Å². The van der Waals surface area contributed by atoms with Crippen LogP contribution in [-0.4, -0.2) is 58.9 Å². The number of benzene rings is 1. The van der Waals surface area contributed by atoms with E-state index in [1.165, 1.54) is 18.0 Å². The Morgan fingerprint density at radius 1 is 1.29 bits per heavy atom. The molecule has 1 saturated heterocycles. The monoisotopic (exact) mass is 444 g/mol. The van der Waals surface area contributed by atoms with Gasteiger partial charge < -0.3 is 24.8 Å². The van der Waals surface area contributed by atoms with Crippen LogP contribution in [0.25, 0.3) is 0 Å². The number of nitrogens with zero attached hydrogens (tertiary/aromatic N) is 3. The third kappa shape index (κ3) is 4.68. The van der Waals surface area contributed by atoms with Gasteiger partial charge in [-0.1, -0.05) is 17.8 Å². The number of likely N-dealkylation sites (tertiary alicyclic amines) is 1. The lowest BCUT2D eigenvalue weighted by atomic mass is 10.0. The molecule has 3 heterocycles. The highest BCUT2D eigenvalue weighted by atomic mass is 32.2. The van der Waals surface area contributed by atoms with Gasteiger partial charge in [-0.25, -0.2) is 14.8 Å². The van der Waals surface area contributed by atoms with Crippen molar-refractivity contribution in [3.8, 4) is 11.5 Å². The van der Waals surface area contributed by atoms with Crippen LogP contribution in [0.2, 0.25) is 0 Å². The van der Waals surface area contributed by atoms with Crippen LogP contribution in [0.15, 0.2) is 29.6 Å². The van der Waals surface area contributed by atoms with Gasteiger partial charge in [-0.15, -0.1) is 0 Å². The number of carbonyl (C=O) groups is 2. The van der Waals surface area contributed by atoms with Crippen molar-refractivity contribution >= 4 is 29.5 Å². The van der Waals surface area contributed by atoms with E-state index < -0.39 is 5.97 Å². The molecule has 2 aliphatic rings. The van der Waals surface area contributed by atoms with E-state index in [2.05, 4.69) is 9.97 Å². The predicted molar refractivity (Wildman–Crippen MR) is 114 cm³/mol. The van der Waals surface area contributed by atoms with Crippen LogP contribution in [0.3, 0.4) is 0 Å². The molecule has 0 spiro atoms. The van der Waals surface area contributed by atoms with E-state index in [1.54, 1.807) is 6.92 Å². The number of fused-ring (bicyclic) bond motifs is 1. The summed E-state index contributed by atoms with van der Waals surface area (Å²) in [6, 6.07) is 5.87. The van der Waals surface area contributed by atoms with Gasteiger partial charge >= 0.3 is 5.97 Å². The van der Waals surface area contributed by atoms with E-state index in [1.807, 2.05) is 23.1 Å². The first-order chi connectivity index (χ1) is 15.1. The molecule has 2 aromatic rings. The number of aromatic nitrogens is 2. The average Bonchev–Trinajstić information content (AvgIpc) is 3.27. The topological polar surface area (TPSA) is 117 Å². The van der Waals surface area contributed by atoms with Gasteiger partial charge in [0, 0.05) is 12.7 Å². The quantitative estimate of drug-likeness (QED) is 0.407. The molecule has 0 aliphatic carbocycles. The Bertz CT molecular complexity index is 986. The molecule has 10 heteroatoms. The molecule has 31 heavy (non-hydrogen) atoms. The Balaban J connectivity index is 1.40. The number of thioether (sulfide) groups is 1. The highest BCUT2D eigenvalue weighted by Gasteiger charge is 2.31. The number of nitrogens with two attached hydrogens (primary N) is 1. The molecule has 9 nitrogen and oxygen atoms in total. The van der Waals surface area contributed by atoms with Crippen molar-refractivity contribution in [2.24, 2.45) is 0 Å². The third-order valence-electron chi connectivity index (χ3n) is 5.14. The second-order valence-electron chi connectivity index (χ2n) is 7.11. The molecule has 0 bridgehead atoms. The number of hydrogen-bond acceptors (Lipinski definition) is 9. The van der Waals surface area contributed by atoms with Gasteiger partial charge in [0.15, 0.2) is 16.7 Å². The smallest absolute Gasteiger partial charge is 0.343 e. The zero-order valence-corrected chi connectivity index (χ0v) is 18.0. The summed E-state index contributed by atoms with van der Waals surface area (Å²) in [6.07, 6.45) is 3.17. The van der Waals surface area contributed by atoms with Gasteiger partial charge in [-0.05, 0) is 37.5 Å². The number of carbonyl (C=O) groups excluding carboxylic acids is 2. The molecule has 1 unspecified atom stereocenters. The molecule has 0 radical (unpaired) electrons. The number of ether oxygens (including phenoxy) is 3. The molecule has 1 aromatic carbocycles. The summed E-state index contributed by atoms with van der Waals surface area (Å²) in [5.74, 6) is 1.12. The van der Waals surface area contributed by atoms with Gasteiger partial charge in [0.2, 0.25) is 5.91 Å². The Morgan fingerprint density at radius 3 is 2.87 bits per heavy atom. The van der Waals surface area contributed by atoms with Crippen molar-refractivity contribution in [2.75, 3.05) is 37.9 Å². The van der Waals surface area contributed by atoms with E-state index in [-0.39, 0.29) is 35.7 Å². The van der Waals surface area contributed by atoms with Crippen molar-refractivity contribution in [3.05, 3.63) is 35.5 Å². The van der Waals surface area contributed by atoms with Crippen LogP contribution in [0.1, 0.15) is 41.7 Å². The van der Waals surface area contributed by atoms with E-state index in [9.17, 15) is 9.59 Å². The van der Waals surface area contributed by atoms with E-state index >= 15 is 0 Å². The summed E-state index contributed by atoms with van der Waals surface area (Å²) in [6.45, 7) is 3.72. The number of amides is 1. The second kappa shape index (κ2) is 9.42. The second-order valence-corrected chi connectivity index (χ2v) is 8.05. The fourth-order valence-electron chi connectivity index (χ4n) is 3.70. The standard InChI is InChI=1S/C21H24N4O5S/c1-2-28-20(27)14-11-23-21(24-19(14)22)31-12-18(26)25-7-3-4-15(25)13-5-6-16-17(10-13)30-9-8-29-16/h5-6,10-11,15H,2-4,7-9,12H2,1H3,(H2,22,23,24). The predicted octanol–water partition coefficient (Wildman–Crippen LogP) is 2.46. The lowest BCUT2D eigenvalue weighted by Gasteiger charge is -2.26. The molecule has 2 aliphatic heterocycles. The van der Waals surface area contributed by atoms with Crippen molar-refractivity contribution in [1.82, 2.24) is 14.9 Å². The Hall–Kier alpha value is -3.01. The first-order valence-corrected chi connectivity index (χ1v) is 11.2. The number of esters is 1. The first-order valence-electron chi connectivity index (χ1n) is 10.2. The molecule has 1 aromatic heterocycles. The zero-order chi connectivity index (χ0) is 21.8. The molecule has 0 saturated carbocycles. The molecule has 2 N–H and O–H groups in total. The van der Waals surface area contributed by atoms with Crippen molar-refractivity contribution in [2.45, 2.75) is 31.0 Å². The van der Waals surface area contributed by atoms with Gasteiger partial charge in [0.25, 0.3) is 0 Å². The highest BCUT2D eigenvalue weighted by Crippen LogP contribution is 2.38. The van der Waals surface area contributed by atoms with E-state index in [4.69, 9.17) is 19.9 Å². The van der Waals surface area contributed by atoms with Crippen LogP contribution in [0.5, 0.6) is 11.5 Å². The SMILES string of the molecule is CCOC(=O)c1cnc(SCC(=O)N2CCCC2c2ccc3c(c2)OCCO3)nc1N. The highest BCUT2D eigenvalue weighted by molar-refractivity contribution is 7.99. The van der Waals surface area contributed by atoms with E-state index in [0.717, 1.165) is 29.9 Å². The van der Waals surface area contributed by atoms with Gasteiger partial charge in [-0.3, -0.25) is 4.79 Å². The van der Waals surface area contributed by atoms with Crippen LogP contribution in [-0.2, 0) is 9.53 Å². The van der Waals surface area contributed by atoms with Crippen LogP contribution in [0.4, 0.5) is 5.82 Å². The summed E-state index contributed by atoms with van der Waals surface area (Å²) in [7, 11) is 0. The molecule has 1 atom stereocenters. The number of nitrogen functional groups attached to an aromatic ring is 1. The average molecular weight is 445 g/mol. The summed E-state index contributed by atoms with van der Waals surface area (Å²) in [5, 5.41) is 0.342. The van der Waals surface area contributed by atoms with Crippen LogP contribution in [0, 0.1) is 0 Å². The number of rotatable bonds is 6. The number of hydrogen-bond donors (Lipinski definition) is 1. The maximum Gasteiger partial charge on any atom is 0.343 e. The van der Waals surface area contributed by atoms with Crippen molar-refractivity contribution in [3.63, 3.8) is 0 Å². The third-order valence-corrected chi connectivity index (χ3v) is 5.99.